The number of hydrogen-bond donors (Lipinski definition) is 1. The van der Waals surface area contributed by atoms with Crippen molar-refractivity contribution >= 4 is 16.9 Å². The van der Waals surface area contributed by atoms with Gasteiger partial charge in [-0.05, 0) is 49.2 Å². The zero-order chi connectivity index (χ0) is 18.5. The molecule has 0 atom stereocenters. The van der Waals surface area contributed by atoms with Crippen molar-refractivity contribution in [3.63, 3.8) is 0 Å². The highest BCUT2D eigenvalue weighted by Gasteiger charge is 2.12. The van der Waals surface area contributed by atoms with E-state index in [2.05, 4.69) is 39.6 Å². The van der Waals surface area contributed by atoms with Gasteiger partial charge < -0.3 is 9.84 Å². The van der Waals surface area contributed by atoms with Gasteiger partial charge in [-0.25, -0.2) is 0 Å². The minimum absolute atomic E-state index is 0.0496. The summed E-state index contributed by atoms with van der Waals surface area (Å²) < 4.78 is 5.25. The Morgan fingerprint density at radius 1 is 1.00 bits per heavy atom. The number of nitrogens with zero attached hydrogens (tertiary/aromatic N) is 2. The van der Waals surface area contributed by atoms with Crippen LogP contribution >= 0.6 is 0 Å². The minimum Gasteiger partial charge on any atom is -0.356 e. The highest BCUT2D eigenvalue weighted by atomic mass is 16.5. The average molecular weight is 363 g/mol. The molecule has 3 aromatic rings. The molecule has 5 heteroatoms. The maximum atomic E-state index is 12.3. The molecule has 0 saturated carbocycles. The topological polar surface area (TPSA) is 58.4 Å². The van der Waals surface area contributed by atoms with Gasteiger partial charge in [0.15, 0.2) is 5.58 Å². The molecular formula is C22H25N3O2. The number of aromatic nitrogens is 1. The molecule has 1 N–H and O–H groups in total. The van der Waals surface area contributed by atoms with Crippen molar-refractivity contribution in [1.29, 1.82) is 0 Å². The largest absolute Gasteiger partial charge is 0.356 e. The Kier molecular flexibility index (Phi) is 5.49. The molecule has 0 radical (unpaired) electrons. The summed E-state index contributed by atoms with van der Waals surface area (Å²) in [4.78, 5) is 14.8. The quantitative estimate of drug-likeness (QED) is 0.726. The van der Waals surface area contributed by atoms with Gasteiger partial charge in [-0.15, -0.1) is 0 Å². The third-order valence-electron chi connectivity index (χ3n) is 5.15. The van der Waals surface area contributed by atoms with E-state index in [4.69, 9.17) is 4.52 Å². The van der Waals surface area contributed by atoms with E-state index in [1.165, 1.54) is 37.9 Å². The van der Waals surface area contributed by atoms with Gasteiger partial charge in [0.25, 0.3) is 0 Å². The number of rotatable bonds is 6. The molecule has 0 aliphatic carbocycles. The standard InChI is InChI=1S/C22H25N3O2/c26-22(14-20-19-6-2-3-7-21(19)27-24-20)23-15-17-8-10-18(11-9-17)16-25-12-4-1-5-13-25/h2-3,6-11H,1,4-5,12-16H2,(H,23,26). The van der Waals surface area contributed by atoms with Crippen LogP contribution in [0.3, 0.4) is 0 Å². The Labute approximate surface area is 159 Å². The maximum Gasteiger partial charge on any atom is 0.226 e. The van der Waals surface area contributed by atoms with Crippen LogP contribution in [0.5, 0.6) is 0 Å². The van der Waals surface area contributed by atoms with E-state index in [0.29, 0.717) is 17.8 Å². The summed E-state index contributed by atoms with van der Waals surface area (Å²) in [5.41, 5.74) is 3.83. The monoisotopic (exact) mass is 363 g/mol. The smallest absolute Gasteiger partial charge is 0.226 e. The molecule has 0 bridgehead atoms. The van der Waals surface area contributed by atoms with Crippen LogP contribution in [0.15, 0.2) is 53.1 Å². The Hall–Kier alpha value is -2.66. The summed E-state index contributed by atoms with van der Waals surface area (Å²) in [6, 6.07) is 16.1. The van der Waals surface area contributed by atoms with Gasteiger partial charge >= 0.3 is 0 Å². The molecule has 1 aliphatic rings. The zero-order valence-corrected chi connectivity index (χ0v) is 15.5. The number of carbonyl (C=O) groups is 1. The number of benzene rings is 2. The number of carbonyl (C=O) groups excluding carboxylic acids is 1. The molecule has 1 saturated heterocycles. The fraction of sp³-hybridized carbons (Fsp3) is 0.364. The second-order valence-electron chi connectivity index (χ2n) is 7.23. The van der Waals surface area contributed by atoms with Crippen LogP contribution in [0.2, 0.25) is 0 Å². The number of fused-ring (bicyclic) bond motifs is 1. The fourth-order valence-corrected chi connectivity index (χ4v) is 3.62. The lowest BCUT2D eigenvalue weighted by molar-refractivity contribution is -0.120. The van der Waals surface area contributed by atoms with Gasteiger partial charge in [0, 0.05) is 18.5 Å². The maximum absolute atomic E-state index is 12.3. The molecule has 2 heterocycles. The van der Waals surface area contributed by atoms with Gasteiger partial charge in [-0.1, -0.05) is 48.0 Å². The van der Waals surface area contributed by atoms with E-state index < -0.39 is 0 Å². The molecule has 1 aromatic heterocycles. The van der Waals surface area contributed by atoms with Gasteiger partial charge in [0.1, 0.15) is 5.69 Å². The molecule has 1 amide bonds. The normalized spacial score (nSPS) is 15.1. The summed E-state index contributed by atoms with van der Waals surface area (Å²) in [5.74, 6) is -0.0496. The second-order valence-corrected chi connectivity index (χ2v) is 7.23. The number of nitrogens with one attached hydrogen (secondary N) is 1. The first-order valence-corrected chi connectivity index (χ1v) is 9.68. The lowest BCUT2D eigenvalue weighted by Gasteiger charge is -2.26. The molecule has 1 fully saturated rings. The molecule has 140 valence electrons. The second kappa shape index (κ2) is 8.35. The summed E-state index contributed by atoms with van der Waals surface area (Å²) in [6.07, 6.45) is 4.21. The minimum atomic E-state index is -0.0496. The van der Waals surface area contributed by atoms with Crippen molar-refractivity contribution in [3.8, 4) is 0 Å². The van der Waals surface area contributed by atoms with Crippen molar-refractivity contribution in [3.05, 3.63) is 65.4 Å². The fourth-order valence-electron chi connectivity index (χ4n) is 3.62. The molecule has 0 unspecified atom stereocenters. The molecule has 27 heavy (non-hydrogen) atoms. The highest BCUT2D eigenvalue weighted by molar-refractivity contribution is 5.86. The number of para-hydroxylation sites is 1. The number of amides is 1. The Morgan fingerprint density at radius 3 is 2.56 bits per heavy atom. The Morgan fingerprint density at radius 2 is 1.74 bits per heavy atom. The van der Waals surface area contributed by atoms with Crippen molar-refractivity contribution < 1.29 is 9.32 Å². The number of hydrogen-bond acceptors (Lipinski definition) is 4. The first-order valence-electron chi connectivity index (χ1n) is 9.68. The Balaban J connectivity index is 1.28. The summed E-state index contributed by atoms with van der Waals surface area (Å²) in [7, 11) is 0. The van der Waals surface area contributed by atoms with E-state index in [1.54, 1.807) is 0 Å². The van der Waals surface area contributed by atoms with Gasteiger partial charge in [-0.3, -0.25) is 9.69 Å². The van der Waals surface area contributed by atoms with Crippen LogP contribution < -0.4 is 5.32 Å². The van der Waals surface area contributed by atoms with Crippen LogP contribution in [0.4, 0.5) is 0 Å². The zero-order valence-electron chi connectivity index (χ0n) is 15.5. The van der Waals surface area contributed by atoms with Gasteiger partial charge in [-0.2, -0.15) is 0 Å². The Bertz CT molecular complexity index is 895. The third kappa shape index (κ3) is 4.55. The van der Waals surface area contributed by atoms with E-state index >= 15 is 0 Å². The van der Waals surface area contributed by atoms with Crippen LogP contribution in [0, 0.1) is 0 Å². The predicted molar refractivity (Wildman–Crippen MR) is 105 cm³/mol. The highest BCUT2D eigenvalue weighted by Crippen LogP contribution is 2.18. The molecule has 5 nitrogen and oxygen atoms in total. The van der Waals surface area contributed by atoms with Crippen molar-refractivity contribution in [2.75, 3.05) is 13.1 Å². The van der Waals surface area contributed by atoms with E-state index in [-0.39, 0.29) is 12.3 Å². The van der Waals surface area contributed by atoms with Crippen LogP contribution in [-0.2, 0) is 24.3 Å². The summed E-state index contributed by atoms with van der Waals surface area (Å²) in [6.45, 7) is 3.95. The van der Waals surface area contributed by atoms with Crippen LogP contribution in [0.25, 0.3) is 11.0 Å². The van der Waals surface area contributed by atoms with Crippen LogP contribution in [-0.4, -0.2) is 29.1 Å². The lowest BCUT2D eigenvalue weighted by atomic mass is 10.1. The summed E-state index contributed by atoms with van der Waals surface area (Å²) in [5, 5.41) is 7.89. The molecule has 1 aliphatic heterocycles. The third-order valence-corrected chi connectivity index (χ3v) is 5.15. The molecule has 0 spiro atoms. The van der Waals surface area contributed by atoms with E-state index in [0.717, 1.165) is 17.5 Å². The van der Waals surface area contributed by atoms with Crippen LogP contribution in [0.1, 0.15) is 36.1 Å². The van der Waals surface area contributed by atoms with E-state index in [1.807, 2.05) is 24.3 Å². The average Bonchev–Trinajstić information content (AvgIpc) is 3.11. The van der Waals surface area contributed by atoms with Crippen molar-refractivity contribution in [2.24, 2.45) is 0 Å². The molecule has 2 aromatic carbocycles. The van der Waals surface area contributed by atoms with Gasteiger partial charge in [0.05, 0.1) is 6.42 Å². The SMILES string of the molecule is O=C(Cc1noc2ccccc12)NCc1ccc(CN2CCCCC2)cc1. The number of likely N-dealkylation sites (tertiary alicyclic amines) is 1. The van der Waals surface area contributed by atoms with Crippen molar-refractivity contribution in [1.82, 2.24) is 15.4 Å². The number of piperidine rings is 1. The predicted octanol–water partition coefficient (Wildman–Crippen LogP) is 3.67. The molecular weight excluding hydrogens is 338 g/mol. The lowest BCUT2D eigenvalue weighted by Crippen LogP contribution is -2.29. The van der Waals surface area contributed by atoms with Gasteiger partial charge in [0.2, 0.25) is 5.91 Å². The first kappa shape index (κ1) is 17.7. The first-order chi connectivity index (χ1) is 13.3. The van der Waals surface area contributed by atoms with E-state index in [9.17, 15) is 4.79 Å². The van der Waals surface area contributed by atoms with Crippen molar-refractivity contribution in [2.45, 2.75) is 38.8 Å². The molecule has 4 rings (SSSR count). The summed E-state index contributed by atoms with van der Waals surface area (Å²) >= 11 is 0.